The highest BCUT2D eigenvalue weighted by molar-refractivity contribution is 7.94. The Kier molecular flexibility index (Phi) is 6.26. The number of carbonyl (C=O) groups is 1. The van der Waals surface area contributed by atoms with Crippen molar-refractivity contribution in [3.8, 4) is 0 Å². The summed E-state index contributed by atoms with van der Waals surface area (Å²) in [6, 6.07) is 10.3. The highest BCUT2D eigenvalue weighted by Gasteiger charge is 2.56. The number of rotatable bonds is 7. The van der Waals surface area contributed by atoms with Crippen LogP contribution in [-0.2, 0) is 14.8 Å². The summed E-state index contributed by atoms with van der Waals surface area (Å²) in [6.45, 7) is 5.67. The first kappa shape index (κ1) is 25.4. The fourth-order valence-corrected chi connectivity index (χ4v) is 6.70. The molecule has 204 valence electrons. The minimum atomic E-state index is -4.16. The third-order valence-corrected chi connectivity index (χ3v) is 10.2. The van der Waals surface area contributed by atoms with Crippen molar-refractivity contribution in [2.45, 2.75) is 56.6 Å². The first-order valence-corrected chi connectivity index (χ1v) is 14.9. The van der Waals surface area contributed by atoms with Crippen LogP contribution in [0.5, 0.6) is 0 Å². The van der Waals surface area contributed by atoms with Gasteiger partial charge in [0.25, 0.3) is 15.9 Å². The van der Waals surface area contributed by atoms with Crippen LogP contribution in [0.15, 0.2) is 36.4 Å². The molecular formula is C27H34FN5O4S. The molecule has 3 heterocycles. The van der Waals surface area contributed by atoms with Crippen LogP contribution in [0.25, 0.3) is 0 Å². The topological polar surface area (TPSA) is 104 Å². The Labute approximate surface area is 222 Å². The quantitative estimate of drug-likeness (QED) is 0.541. The number of hydrogen-bond donors (Lipinski definition) is 2. The van der Waals surface area contributed by atoms with Crippen molar-refractivity contribution in [3.63, 3.8) is 0 Å². The number of benzene rings is 1. The van der Waals surface area contributed by atoms with Crippen LogP contribution >= 0.6 is 0 Å². The van der Waals surface area contributed by atoms with Gasteiger partial charge in [0.1, 0.15) is 11.6 Å². The van der Waals surface area contributed by atoms with Gasteiger partial charge in [-0.05, 0) is 68.4 Å². The fraction of sp³-hybridized carbons (Fsp3) is 0.556. The third-order valence-electron chi connectivity index (χ3n) is 8.28. The molecule has 1 aromatic heterocycles. The van der Waals surface area contributed by atoms with Crippen LogP contribution in [0.3, 0.4) is 0 Å². The van der Waals surface area contributed by atoms with Crippen molar-refractivity contribution in [2.24, 2.45) is 5.41 Å². The number of nitrogens with zero attached hydrogens (tertiary/aromatic N) is 3. The van der Waals surface area contributed by atoms with E-state index in [9.17, 15) is 17.6 Å². The van der Waals surface area contributed by atoms with Crippen molar-refractivity contribution in [1.29, 1.82) is 0 Å². The number of aromatic nitrogens is 1. The van der Waals surface area contributed by atoms with E-state index in [0.29, 0.717) is 29.1 Å². The predicted molar refractivity (Wildman–Crippen MR) is 145 cm³/mol. The number of pyridine rings is 1. The van der Waals surface area contributed by atoms with E-state index >= 15 is 0 Å². The molecule has 11 heteroatoms. The number of hydrogen-bond acceptors (Lipinski definition) is 7. The summed E-state index contributed by atoms with van der Waals surface area (Å²) >= 11 is 0. The normalized spacial score (nSPS) is 23.7. The van der Waals surface area contributed by atoms with Gasteiger partial charge in [-0.1, -0.05) is 6.07 Å². The third kappa shape index (κ3) is 5.05. The molecular weight excluding hydrogens is 509 g/mol. The second-order valence-corrected chi connectivity index (χ2v) is 13.1. The Bertz CT molecular complexity index is 1330. The smallest absolute Gasteiger partial charge is 0.268 e. The SMILES string of the molecule is C[C@@H]1CN(c2cccc(NC(=O)c3ccc(NS(=O)(=O)C4(F)CC4)cc3N3CCC4(CC3)CC4)n2)CCO1. The highest BCUT2D eigenvalue weighted by Crippen LogP contribution is 2.54. The lowest BCUT2D eigenvalue weighted by atomic mass is 9.93. The molecule has 9 nitrogen and oxygen atoms in total. The molecule has 2 aliphatic heterocycles. The van der Waals surface area contributed by atoms with Crippen LogP contribution in [0.2, 0.25) is 0 Å². The molecule has 2 aromatic rings. The molecule has 2 saturated heterocycles. The zero-order valence-corrected chi connectivity index (χ0v) is 22.4. The van der Waals surface area contributed by atoms with E-state index in [2.05, 4.69) is 24.8 Å². The average Bonchev–Trinajstić information content (AvgIpc) is 3.83. The molecule has 4 fully saturated rings. The lowest BCUT2D eigenvalue weighted by Crippen LogP contribution is -2.41. The molecule has 4 aliphatic rings. The first-order chi connectivity index (χ1) is 18.2. The Morgan fingerprint density at radius 2 is 1.82 bits per heavy atom. The molecule has 1 aromatic carbocycles. The lowest BCUT2D eigenvalue weighted by molar-refractivity contribution is 0.0529. The highest BCUT2D eigenvalue weighted by atomic mass is 32.2. The van der Waals surface area contributed by atoms with Crippen LogP contribution in [0.1, 0.15) is 55.8 Å². The van der Waals surface area contributed by atoms with Gasteiger partial charge in [-0.25, -0.2) is 17.8 Å². The molecule has 0 radical (unpaired) electrons. The van der Waals surface area contributed by atoms with Crippen molar-refractivity contribution in [3.05, 3.63) is 42.0 Å². The van der Waals surface area contributed by atoms with E-state index in [0.717, 1.165) is 44.8 Å². The van der Waals surface area contributed by atoms with Gasteiger partial charge in [0, 0.05) is 39.0 Å². The van der Waals surface area contributed by atoms with E-state index in [1.165, 1.54) is 18.9 Å². The Morgan fingerprint density at radius 3 is 2.50 bits per heavy atom. The number of carbonyl (C=O) groups excluding carboxylic acids is 1. The summed E-state index contributed by atoms with van der Waals surface area (Å²) in [5.74, 6) is 0.880. The second-order valence-electron chi connectivity index (χ2n) is 11.2. The van der Waals surface area contributed by atoms with E-state index in [1.807, 2.05) is 19.1 Å². The molecule has 2 saturated carbocycles. The Balaban J connectivity index is 1.25. The van der Waals surface area contributed by atoms with Gasteiger partial charge >= 0.3 is 0 Å². The molecule has 1 amide bonds. The van der Waals surface area contributed by atoms with E-state index in [1.54, 1.807) is 18.2 Å². The summed E-state index contributed by atoms with van der Waals surface area (Å²) in [4.78, 5) is 22.4. The summed E-state index contributed by atoms with van der Waals surface area (Å²) in [5.41, 5.74) is 1.76. The Morgan fingerprint density at radius 1 is 1.05 bits per heavy atom. The maximum Gasteiger partial charge on any atom is 0.268 e. The zero-order valence-electron chi connectivity index (χ0n) is 21.6. The van der Waals surface area contributed by atoms with Gasteiger partial charge in [0.2, 0.25) is 5.00 Å². The molecule has 0 bridgehead atoms. The summed E-state index contributed by atoms with van der Waals surface area (Å²) in [6.07, 6.45) is 4.68. The van der Waals surface area contributed by atoms with Crippen LogP contribution in [0, 0.1) is 5.41 Å². The summed E-state index contributed by atoms with van der Waals surface area (Å²) in [7, 11) is -4.16. The molecule has 6 rings (SSSR count). The van der Waals surface area contributed by atoms with Crippen LogP contribution in [-0.4, -0.2) is 63.2 Å². The van der Waals surface area contributed by atoms with Crippen molar-refractivity contribution in [1.82, 2.24) is 4.98 Å². The van der Waals surface area contributed by atoms with Crippen molar-refractivity contribution < 1.29 is 22.3 Å². The molecule has 2 N–H and O–H groups in total. The number of morpholine rings is 1. The van der Waals surface area contributed by atoms with Gasteiger partial charge in [-0.15, -0.1) is 0 Å². The number of piperidine rings is 1. The number of halogens is 1. The minimum absolute atomic E-state index is 0.000678. The molecule has 2 aliphatic carbocycles. The maximum atomic E-state index is 14.4. The number of sulfonamides is 1. The fourth-order valence-electron chi connectivity index (χ4n) is 5.44. The monoisotopic (exact) mass is 543 g/mol. The average molecular weight is 544 g/mol. The van der Waals surface area contributed by atoms with Gasteiger partial charge in [-0.2, -0.15) is 0 Å². The zero-order chi connectivity index (χ0) is 26.5. The van der Waals surface area contributed by atoms with Crippen molar-refractivity contribution >= 4 is 38.9 Å². The number of ether oxygens (including phenoxy) is 1. The number of anilines is 4. The maximum absolute atomic E-state index is 14.4. The van der Waals surface area contributed by atoms with Crippen molar-refractivity contribution in [2.75, 3.05) is 52.6 Å². The van der Waals surface area contributed by atoms with Gasteiger partial charge in [-0.3, -0.25) is 9.52 Å². The number of alkyl halides is 1. The molecule has 1 atom stereocenters. The summed E-state index contributed by atoms with van der Waals surface area (Å²) < 4.78 is 47.5. The van der Waals surface area contributed by atoms with Gasteiger partial charge in [0.15, 0.2) is 0 Å². The standard InChI is InChI=1S/C27H34FN5O4S/c1-19-18-33(15-16-37-19)24-4-2-3-23(29-24)30-25(34)21-6-5-20(31-38(35,36)27(28)9-10-27)17-22(21)32-13-11-26(7-8-26)12-14-32/h2-6,17,19,31H,7-16,18H2,1H3,(H,29,30,34)/t19-/m1/s1. The van der Waals surface area contributed by atoms with Gasteiger partial charge in [0.05, 0.1) is 29.6 Å². The minimum Gasteiger partial charge on any atom is -0.375 e. The van der Waals surface area contributed by atoms with Crippen LogP contribution < -0.4 is 19.8 Å². The molecule has 38 heavy (non-hydrogen) atoms. The molecule has 1 spiro atoms. The lowest BCUT2D eigenvalue weighted by Gasteiger charge is -2.35. The predicted octanol–water partition coefficient (Wildman–Crippen LogP) is 4.14. The van der Waals surface area contributed by atoms with Gasteiger partial charge < -0.3 is 19.9 Å². The van der Waals surface area contributed by atoms with E-state index < -0.39 is 15.0 Å². The molecule has 0 unspecified atom stereocenters. The second kappa shape index (κ2) is 9.37. The Hall–Kier alpha value is -2.92. The van der Waals surface area contributed by atoms with E-state index in [4.69, 9.17) is 4.74 Å². The van der Waals surface area contributed by atoms with E-state index in [-0.39, 0.29) is 30.5 Å². The number of nitrogens with one attached hydrogen (secondary N) is 2. The first-order valence-electron chi connectivity index (χ1n) is 13.4. The summed E-state index contributed by atoms with van der Waals surface area (Å²) in [5, 5.41) is 0.719. The number of amides is 1. The largest absolute Gasteiger partial charge is 0.375 e. The van der Waals surface area contributed by atoms with Crippen LogP contribution in [0.4, 0.5) is 27.4 Å².